The molecule has 162 valence electrons. The van der Waals surface area contributed by atoms with Gasteiger partial charge in [-0.3, -0.25) is 4.79 Å². The molecule has 1 amide bonds. The second-order valence-corrected chi connectivity index (χ2v) is 7.59. The first-order chi connectivity index (χ1) is 15.7. The van der Waals surface area contributed by atoms with Crippen molar-refractivity contribution in [2.45, 2.75) is 13.0 Å². The lowest BCUT2D eigenvalue weighted by Gasteiger charge is -2.36. The predicted molar refractivity (Wildman–Crippen MR) is 120 cm³/mol. The Morgan fingerprint density at radius 2 is 1.62 bits per heavy atom. The van der Waals surface area contributed by atoms with Gasteiger partial charge in [0, 0.05) is 26.2 Å². The van der Waals surface area contributed by atoms with E-state index >= 15 is 0 Å². The van der Waals surface area contributed by atoms with Gasteiger partial charge in [0.25, 0.3) is 5.91 Å². The summed E-state index contributed by atoms with van der Waals surface area (Å²) in [4.78, 5) is 25.7. The number of benzene rings is 2. The molecule has 0 aliphatic carbocycles. The maximum Gasteiger partial charge on any atom is 0.263 e. The number of fused-ring (bicyclic) bond motifs is 1. The van der Waals surface area contributed by atoms with Crippen molar-refractivity contribution in [2.24, 2.45) is 0 Å². The van der Waals surface area contributed by atoms with Crippen molar-refractivity contribution in [3.05, 3.63) is 67.0 Å². The SMILES string of the molecule is C[C@@H](Oc1ccccc1)C(=O)N1CCN(c2ncnc3c2nnn3-c2ccccc2)CC1. The van der Waals surface area contributed by atoms with E-state index in [0.29, 0.717) is 43.1 Å². The van der Waals surface area contributed by atoms with Gasteiger partial charge < -0.3 is 14.5 Å². The second-order valence-electron chi connectivity index (χ2n) is 7.59. The molecule has 4 aromatic rings. The monoisotopic (exact) mass is 429 g/mol. The van der Waals surface area contributed by atoms with Crippen LogP contribution in [-0.2, 0) is 4.79 Å². The Labute approximate surface area is 185 Å². The van der Waals surface area contributed by atoms with Crippen molar-refractivity contribution in [3.63, 3.8) is 0 Å². The third-order valence-electron chi connectivity index (χ3n) is 5.51. The van der Waals surface area contributed by atoms with Crippen LogP contribution < -0.4 is 9.64 Å². The number of anilines is 1. The van der Waals surface area contributed by atoms with E-state index in [9.17, 15) is 4.79 Å². The van der Waals surface area contributed by atoms with Crippen LogP contribution in [0.25, 0.3) is 16.9 Å². The van der Waals surface area contributed by atoms with Crippen LogP contribution in [0.4, 0.5) is 5.82 Å². The summed E-state index contributed by atoms with van der Waals surface area (Å²) in [7, 11) is 0. The van der Waals surface area contributed by atoms with Gasteiger partial charge in [0.2, 0.25) is 0 Å². The van der Waals surface area contributed by atoms with E-state index in [1.165, 1.54) is 6.33 Å². The van der Waals surface area contributed by atoms with Gasteiger partial charge in [0.1, 0.15) is 12.1 Å². The number of rotatable bonds is 5. The second kappa shape index (κ2) is 8.62. The highest BCUT2D eigenvalue weighted by atomic mass is 16.5. The Balaban J connectivity index is 1.28. The summed E-state index contributed by atoms with van der Waals surface area (Å²) in [6.07, 6.45) is 0.994. The Kier molecular flexibility index (Phi) is 5.37. The number of nitrogens with zero attached hydrogens (tertiary/aromatic N) is 7. The molecular formula is C23H23N7O2. The molecule has 0 saturated carbocycles. The van der Waals surface area contributed by atoms with E-state index < -0.39 is 6.10 Å². The van der Waals surface area contributed by atoms with Gasteiger partial charge >= 0.3 is 0 Å². The number of hydrogen-bond donors (Lipinski definition) is 0. The van der Waals surface area contributed by atoms with Crippen molar-refractivity contribution >= 4 is 22.9 Å². The van der Waals surface area contributed by atoms with Crippen LogP contribution in [0.15, 0.2) is 67.0 Å². The Morgan fingerprint density at radius 3 is 2.34 bits per heavy atom. The maximum absolute atomic E-state index is 12.8. The highest BCUT2D eigenvalue weighted by Crippen LogP contribution is 2.24. The smallest absolute Gasteiger partial charge is 0.263 e. The summed E-state index contributed by atoms with van der Waals surface area (Å²) in [6, 6.07) is 19.2. The summed E-state index contributed by atoms with van der Waals surface area (Å²) >= 11 is 0. The molecule has 0 unspecified atom stereocenters. The first kappa shape index (κ1) is 19.9. The molecule has 1 atom stereocenters. The molecule has 0 spiro atoms. The minimum Gasteiger partial charge on any atom is -0.481 e. The number of para-hydroxylation sites is 2. The number of piperazine rings is 1. The zero-order valence-corrected chi connectivity index (χ0v) is 17.7. The first-order valence-corrected chi connectivity index (χ1v) is 10.6. The van der Waals surface area contributed by atoms with E-state index in [4.69, 9.17) is 4.74 Å². The van der Waals surface area contributed by atoms with Crippen LogP contribution in [0.5, 0.6) is 5.75 Å². The minimum absolute atomic E-state index is 0.0173. The number of aromatic nitrogens is 5. The standard InChI is InChI=1S/C23H23N7O2/c1-17(32-19-10-6-3-7-11-19)23(31)29-14-12-28(13-15-29)21-20-22(25-16-24-21)30(27-26-20)18-8-4-2-5-9-18/h2-11,16-17H,12-15H2,1H3/t17-/m1/s1. The molecule has 1 aliphatic rings. The number of carbonyl (C=O) groups is 1. The highest BCUT2D eigenvalue weighted by molar-refractivity contribution is 5.84. The number of amides is 1. The summed E-state index contributed by atoms with van der Waals surface area (Å²) < 4.78 is 7.51. The molecule has 5 rings (SSSR count). The number of ether oxygens (including phenoxy) is 1. The quantitative estimate of drug-likeness (QED) is 0.481. The van der Waals surface area contributed by atoms with Crippen LogP contribution >= 0.6 is 0 Å². The molecule has 2 aromatic carbocycles. The largest absolute Gasteiger partial charge is 0.481 e. The van der Waals surface area contributed by atoms with Crippen molar-refractivity contribution in [3.8, 4) is 11.4 Å². The fraction of sp³-hybridized carbons (Fsp3) is 0.261. The van der Waals surface area contributed by atoms with Gasteiger partial charge in [0.15, 0.2) is 23.1 Å². The molecule has 9 nitrogen and oxygen atoms in total. The summed E-state index contributed by atoms with van der Waals surface area (Å²) in [6.45, 7) is 4.25. The molecule has 2 aromatic heterocycles. The Bertz CT molecular complexity index is 1200. The van der Waals surface area contributed by atoms with Gasteiger partial charge in [-0.25, -0.2) is 9.97 Å². The molecule has 9 heteroatoms. The fourth-order valence-corrected chi connectivity index (χ4v) is 3.86. The number of carbonyl (C=O) groups excluding carboxylic acids is 1. The summed E-state index contributed by atoms with van der Waals surface area (Å²) in [5, 5.41) is 8.63. The minimum atomic E-state index is -0.541. The van der Waals surface area contributed by atoms with Crippen molar-refractivity contribution in [1.29, 1.82) is 0 Å². The van der Waals surface area contributed by atoms with Gasteiger partial charge in [-0.15, -0.1) is 5.10 Å². The maximum atomic E-state index is 12.8. The molecule has 1 saturated heterocycles. The average molecular weight is 429 g/mol. The van der Waals surface area contributed by atoms with E-state index in [-0.39, 0.29) is 5.91 Å². The zero-order chi connectivity index (χ0) is 21.9. The lowest BCUT2D eigenvalue weighted by Crippen LogP contribution is -2.52. The van der Waals surface area contributed by atoms with E-state index in [0.717, 1.165) is 11.5 Å². The Hall–Kier alpha value is -4.01. The summed E-state index contributed by atoms with van der Waals surface area (Å²) in [5.74, 6) is 1.41. The molecule has 32 heavy (non-hydrogen) atoms. The van der Waals surface area contributed by atoms with Crippen LogP contribution in [0.2, 0.25) is 0 Å². The third-order valence-corrected chi connectivity index (χ3v) is 5.51. The first-order valence-electron chi connectivity index (χ1n) is 10.6. The van der Waals surface area contributed by atoms with E-state index in [1.807, 2.05) is 65.6 Å². The molecule has 1 aliphatic heterocycles. The third kappa shape index (κ3) is 3.84. The summed E-state index contributed by atoms with van der Waals surface area (Å²) in [5.41, 5.74) is 2.20. The lowest BCUT2D eigenvalue weighted by atomic mass is 10.2. The molecular weight excluding hydrogens is 406 g/mol. The van der Waals surface area contributed by atoms with E-state index in [1.54, 1.807) is 11.6 Å². The van der Waals surface area contributed by atoms with Crippen LogP contribution in [0, 0.1) is 0 Å². The number of hydrogen-bond acceptors (Lipinski definition) is 7. The van der Waals surface area contributed by atoms with Crippen molar-refractivity contribution in [2.75, 3.05) is 31.1 Å². The predicted octanol–water partition coefficient (Wildman–Crippen LogP) is 2.33. The van der Waals surface area contributed by atoms with Gasteiger partial charge in [-0.05, 0) is 31.2 Å². The molecule has 3 heterocycles. The van der Waals surface area contributed by atoms with Crippen LogP contribution in [0.1, 0.15) is 6.92 Å². The molecule has 0 N–H and O–H groups in total. The lowest BCUT2D eigenvalue weighted by molar-refractivity contribution is -0.138. The normalized spacial score (nSPS) is 15.0. The zero-order valence-electron chi connectivity index (χ0n) is 17.7. The van der Waals surface area contributed by atoms with Crippen LogP contribution in [-0.4, -0.2) is 68.1 Å². The van der Waals surface area contributed by atoms with Crippen LogP contribution in [0.3, 0.4) is 0 Å². The molecule has 0 bridgehead atoms. The fourth-order valence-electron chi connectivity index (χ4n) is 3.86. The van der Waals surface area contributed by atoms with Gasteiger partial charge in [-0.2, -0.15) is 4.68 Å². The average Bonchev–Trinajstić information content (AvgIpc) is 3.29. The molecule has 0 radical (unpaired) electrons. The molecule has 1 fully saturated rings. The highest BCUT2D eigenvalue weighted by Gasteiger charge is 2.28. The van der Waals surface area contributed by atoms with Crippen molar-refractivity contribution < 1.29 is 9.53 Å². The van der Waals surface area contributed by atoms with Gasteiger partial charge in [0.05, 0.1) is 5.69 Å². The van der Waals surface area contributed by atoms with Gasteiger partial charge in [-0.1, -0.05) is 41.6 Å². The Morgan fingerprint density at radius 1 is 0.938 bits per heavy atom. The van der Waals surface area contributed by atoms with E-state index in [2.05, 4.69) is 25.2 Å². The van der Waals surface area contributed by atoms with Crippen molar-refractivity contribution in [1.82, 2.24) is 29.9 Å². The topological polar surface area (TPSA) is 89.3 Å².